The first-order valence-electron chi connectivity index (χ1n) is 13.4. The zero-order valence-electron chi connectivity index (χ0n) is 23.8. The molecule has 0 saturated carbocycles. The summed E-state index contributed by atoms with van der Waals surface area (Å²) in [5.41, 5.74) is 3.12. The highest BCUT2D eigenvalue weighted by atomic mass is 16.6. The largest absolute Gasteiger partial charge is 0.493 e. The van der Waals surface area contributed by atoms with E-state index in [1.807, 2.05) is 66.7 Å². The fourth-order valence-corrected chi connectivity index (χ4v) is 4.00. The second kappa shape index (κ2) is 15.3. The number of carbonyl (C=O) groups is 2. The van der Waals surface area contributed by atoms with E-state index in [9.17, 15) is 14.9 Å². The first-order chi connectivity index (χ1) is 21.0. The minimum atomic E-state index is -0.622. The summed E-state index contributed by atoms with van der Waals surface area (Å²) in [6, 6.07) is 31.2. The molecule has 0 aliphatic heterocycles. The Kier molecular flexibility index (Phi) is 10.7. The van der Waals surface area contributed by atoms with E-state index in [2.05, 4.69) is 5.32 Å². The molecule has 0 aliphatic carbocycles. The first kappa shape index (κ1) is 30.2. The van der Waals surface area contributed by atoms with Gasteiger partial charge in [-0.15, -0.1) is 0 Å². The van der Waals surface area contributed by atoms with Crippen LogP contribution in [-0.2, 0) is 22.7 Å². The van der Waals surface area contributed by atoms with Gasteiger partial charge in [-0.25, -0.2) is 4.79 Å². The van der Waals surface area contributed by atoms with Crippen LogP contribution in [0.15, 0.2) is 109 Å². The van der Waals surface area contributed by atoms with Gasteiger partial charge in [0.2, 0.25) is 0 Å². The molecule has 43 heavy (non-hydrogen) atoms. The summed E-state index contributed by atoms with van der Waals surface area (Å²) in [6.45, 7) is 0.692. The summed E-state index contributed by atoms with van der Waals surface area (Å²) in [6.07, 6.45) is 4.33. The van der Waals surface area contributed by atoms with Crippen molar-refractivity contribution in [3.8, 4) is 29.1 Å². The number of hydrogen-bond acceptors (Lipinski definition) is 7. The van der Waals surface area contributed by atoms with Gasteiger partial charge in [-0.3, -0.25) is 4.79 Å². The third kappa shape index (κ3) is 8.84. The topological polar surface area (TPSA) is 107 Å². The molecule has 4 rings (SSSR count). The molecule has 0 aromatic heterocycles. The van der Waals surface area contributed by atoms with Crippen LogP contribution >= 0.6 is 0 Å². The Morgan fingerprint density at radius 1 is 0.767 bits per heavy atom. The summed E-state index contributed by atoms with van der Waals surface area (Å²) in [5.74, 6) is 0.435. The maximum Gasteiger partial charge on any atom is 0.336 e. The van der Waals surface area contributed by atoms with Crippen LogP contribution in [-0.4, -0.2) is 26.1 Å². The fraction of sp³-hybridized carbons (Fsp3) is 0.114. The Morgan fingerprint density at radius 2 is 1.37 bits per heavy atom. The average Bonchev–Trinajstić information content (AvgIpc) is 3.05. The Labute approximate surface area is 250 Å². The number of carbonyl (C=O) groups excluding carboxylic acids is 2. The minimum absolute atomic E-state index is 0.0717. The smallest absolute Gasteiger partial charge is 0.336 e. The zero-order chi connectivity index (χ0) is 30.4. The maximum atomic E-state index is 12.6. The predicted octanol–water partition coefficient (Wildman–Crippen LogP) is 6.12. The molecule has 8 heteroatoms. The van der Waals surface area contributed by atoms with Crippen molar-refractivity contribution >= 4 is 24.0 Å². The molecule has 0 unspecified atom stereocenters. The fourth-order valence-electron chi connectivity index (χ4n) is 4.00. The third-order valence-corrected chi connectivity index (χ3v) is 6.21. The van der Waals surface area contributed by atoms with E-state index in [1.54, 1.807) is 43.5 Å². The van der Waals surface area contributed by atoms with Crippen LogP contribution in [0, 0.1) is 11.3 Å². The van der Waals surface area contributed by atoms with Crippen molar-refractivity contribution in [2.75, 3.05) is 14.2 Å². The Hall–Kier alpha value is -5.81. The quantitative estimate of drug-likeness (QED) is 0.0940. The second-order valence-electron chi connectivity index (χ2n) is 9.19. The van der Waals surface area contributed by atoms with E-state index >= 15 is 0 Å². The molecule has 1 N–H and O–H groups in total. The van der Waals surface area contributed by atoms with Crippen LogP contribution in [0.5, 0.6) is 23.0 Å². The monoisotopic (exact) mass is 574 g/mol. The average molecular weight is 575 g/mol. The van der Waals surface area contributed by atoms with E-state index < -0.39 is 11.9 Å². The van der Waals surface area contributed by atoms with Gasteiger partial charge in [-0.05, 0) is 58.7 Å². The molecule has 0 saturated heterocycles. The third-order valence-electron chi connectivity index (χ3n) is 6.21. The van der Waals surface area contributed by atoms with Crippen molar-refractivity contribution in [3.63, 3.8) is 0 Å². The second-order valence-corrected chi connectivity index (χ2v) is 9.19. The molecular formula is C35H30N2O6. The summed E-state index contributed by atoms with van der Waals surface area (Å²) in [7, 11) is 2.98. The lowest BCUT2D eigenvalue weighted by atomic mass is 10.1. The highest BCUT2D eigenvalue weighted by molar-refractivity contribution is 6.01. The Morgan fingerprint density at radius 3 is 2.05 bits per heavy atom. The van der Waals surface area contributed by atoms with Gasteiger partial charge in [-0.1, -0.05) is 72.8 Å². The van der Waals surface area contributed by atoms with Gasteiger partial charge in [0.15, 0.2) is 23.0 Å². The first-order valence-corrected chi connectivity index (χ1v) is 13.4. The minimum Gasteiger partial charge on any atom is -0.493 e. The summed E-state index contributed by atoms with van der Waals surface area (Å²) in [5, 5.41) is 12.3. The van der Waals surface area contributed by atoms with Crippen LogP contribution in [0.3, 0.4) is 0 Å². The maximum absolute atomic E-state index is 12.6. The van der Waals surface area contributed by atoms with Crippen LogP contribution in [0.4, 0.5) is 0 Å². The van der Waals surface area contributed by atoms with Crippen molar-refractivity contribution in [3.05, 3.63) is 131 Å². The van der Waals surface area contributed by atoms with E-state index in [0.717, 1.165) is 11.1 Å². The van der Waals surface area contributed by atoms with Crippen LogP contribution in [0.2, 0.25) is 0 Å². The number of nitrogens with zero attached hydrogens (tertiary/aromatic N) is 1. The molecule has 0 heterocycles. The number of esters is 1. The Bertz CT molecular complexity index is 1660. The lowest BCUT2D eigenvalue weighted by Crippen LogP contribution is -2.23. The molecule has 216 valence electrons. The van der Waals surface area contributed by atoms with Gasteiger partial charge in [0.1, 0.15) is 18.2 Å². The summed E-state index contributed by atoms with van der Waals surface area (Å²) in [4.78, 5) is 25.1. The lowest BCUT2D eigenvalue weighted by molar-refractivity contribution is -0.129. The molecular weight excluding hydrogens is 544 g/mol. The number of amides is 1. The molecule has 1 amide bonds. The molecule has 0 fully saturated rings. The van der Waals surface area contributed by atoms with E-state index in [1.165, 1.54) is 25.3 Å². The molecule has 0 atom stereocenters. The van der Waals surface area contributed by atoms with Crippen molar-refractivity contribution in [1.82, 2.24) is 5.32 Å². The highest BCUT2D eigenvalue weighted by Crippen LogP contribution is 2.31. The predicted molar refractivity (Wildman–Crippen MR) is 163 cm³/mol. The van der Waals surface area contributed by atoms with Crippen molar-refractivity contribution in [2.24, 2.45) is 0 Å². The molecule has 0 aliphatic rings. The van der Waals surface area contributed by atoms with Crippen molar-refractivity contribution < 1.29 is 28.5 Å². The van der Waals surface area contributed by atoms with Crippen LogP contribution in [0.1, 0.15) is 22.3 Å². The van der Waals surface area contributed by atoms with Crippen LogP contribution in [0.25, 0.3) is 12.2 Å². The van der Waals surface area contributed by atoms with Gasteiger partial charge in [-0.2, -0.15) is 5.26 Å². The van der Waals surface area contributed by atoms with Gasteiger partial charge >= 0.3 is 5.97 Å². The number of nitrogens with one attached hydrogen (secondary N) is 1. The molecule has 4 aromatic carbocycles. The van der Waals surface area contributed by atoms with E-state index in [0.29, 0.717) is 35.8 Å². The zero-order valence-corrected chi connectivity index (χ0v) is 23.8. The molecule has 0 bridgehead atoms. The van der Waals surface area contributed by atoms with Crippen molar-refractivity contribution in [1.29, 1.82) is 5.26 Å². The number of nitriles is 1. The number of hydrogen-bond donors (Lipinski definition) is 1. The summed E-state index contributed by atoms with van der Waals surface area (Å²) < 4.78 is 22.2. The highest BCUT2D eigenvalue weighted by Gasteiger charge is 2.13. The normalized spacial score (nSPS) is 11.0. The standard InChI is InChI=1S/C35H30N2O6/c1-40-32-20-25(13-16-30(32)42-24-27-11-7-4-8-12-27)15-18-34(38)43-31-17-14-28(21-33(31)41-2)19-29(22-36)35(39)37-23-26-9-5-3-6-10-26/h3-21H,23-24H2,1-2H3,(H,37,39)/b18-15+,29-19+. The lowest BCUT2D eigenvalue weighted by Gasteiger charge is -2.11. The number of ether oxygens (including phenoxy) is 4. The van der Waals surface area contributed by atoms with Gasteiger partial charge in [0.05, 0.1) is 14.2 Å². The molecule has 4 aromatic rings. The number of rotatable bonds is 12. The molecule has 0 spiro atoms. The van der Waals surface area contributed by atoms with Crippen LogP contribution < -0.4 is 24.3 Å². The Balaban J connectivity index is 1.38. The molecule has 0 radical (unpaired) electrons. The summed E-state index contributed by atoms with van der Waals surface area (Å²) >= 11 is 0. The van der Waals surface area contributed by atoms with Gasteiger partial charge in [0, 0.05) is 12.6 Å². The van der Waals surface area contributed by atoms with Gasteiger partial charge < -0.3 is 24.3 Å². The SMILES string of the molecule is COc1cc(/C=C/C(=O)Oc2ccc(/C=C(\C#N)C(=O)NCc3ccccc3)cc2OC)ccc1OCc1ccccc1. The van der Waals surface area contributed by atoms with Crippen molar-refractivity contribution in [2.45, 2.75) is 13.2 Å². The van der Waals surface area contributed by atoms with E-state index in [-0.39, 0.29) is 17.1 Å². The molecule has 8 nitrogen and oxygen atoms in total. The van der Waals surface area contributed by atoms with E-state index in [4.69, 9.17) is 18.9 Å². The van der Waals surface area contributed by atoms with Gasteiger partial charge in [0.25, 0.3) is 5.91 Å². The number of benzene rings is 4. The number of methoxy groups -OCH3 is 2.